The van der Waals surface area contributed by atoms with Gasteiger partial charge in [0.25, 0.3) is 0 Å². The fourth-order valence-electron chi connectivity index (χ4n) is 4.27. The minimum Gasteiger partial charge on any atom is -0.461 e. The second kappa shape index (κ2) is 13.8. The number of fused-ring (bicyclic) bond motifs is 2. The molecular weight excluding hydrogens is 711 g/mol. The van der Waals surface area contributed by atoms with E-state index in [4.69, 9.17) is 38.4 Å². The van der Waals surface area contributed by atoms with Crippen LogP contribution in [0.15, 0.2) is 65.5 Å². The van der Waals surface area contributed by atoms with Gasteiger partial charge in [-0.15, -0.1) is 0 Å². The molecule has 0 saturated heterocycles. The minimum absolute atomic E-state index is 0.0682. The van der Waals surface area contributed by atoms with Crippen molar-refractivity contribution in [3.63, 3.8) is 0 Å². The van der Waals surface area contributed by atoms with E-state index in [1.165, 1.54) is 45.5 Å². The Morgan fingerprint density at radius 2 is 1.24 bits per heavy atom. The van der Waals surface area contributed by atoms with Crippen molar-refractivity contribution in [1.29, 1.82) is 0 Å². The average molecular weight is 733 g/mol. The fourth-order valence-corrected chi connectivity index (χ4v) is 5.29. The Kier molecular flexibility index (Phi) is 9.79. The molecule has 0 aliphatic rings. The molecule has 6 rings (SSSR count). The third-order valence-electron chi connectivity index (χ3n) is 6.25. The summed E-state index contributed by atoms with van der Waals surface area (Å²) < 4.78 is 40.0. The van der Waals surface area contributed by atoms with Crippen LogP contribution in [0.5, 0.6) is 0 Å². The number of halogens is 5. The molecule has 0 aliphatic carbocycles. The Labute approximate surface area is 278 Å². The summed E-state index contributed by atoms with van der Waals surface area (Å²) in [4.78, 5) is 40.3. The molecule has 16 heteroatoms. The van der Waals surface area contributed by atoms with Crippen LogP contribution < -0.4 is 5.73 Å². The normalized spacial score (nSPS) is 10.9. The van der Waals surface area contributed by atoms with Crippen LogP contribution in [0.25, 0.3) is 33.8 Å². The monoisotopic (exact) mass is 731 g/mol. The minimum atomic E-state index is -0.584. The molecule has 46 heavy (non-hydrogen) atoms. The first-order chi connectivity index (χ1) is 22.0. The quantitative estimate of drug-likeness (QED) is 0.178. The predicted octanol–water partition coefficient (Wildman–Crippen LogP) is 7.08. The van der Waals surface area contributed by atoms with Gasteiger partial charge in [0, 0.05) is 23.5 Å². The molecule has 0 fully saturated rings. The lowest BCUT2D eigenvalue weighted by Crippen LogP contribution is -2.04. The van der Waals surface area contributed by atoms with Gasteiger partial charge in [-0.1, -0.05) is 47.5 Å². The Hall–Kier alpha value is -4.66. The van der Waals surface area contributed by atoms with Crippen LogP contribution in [0.1, 0.15) is 34.8 Å². The molecule has 0 aliphatic heterocycles. The molecule has 0 amide bonds. The Morgan fingerprint density at radius 1 is 0.783 bits per heavy atom. The standard InChI is InChI=1S/C15H10BrClFN3O2.C15H12ClFN4O2/c1-2-23-15(22)10-7-21-13(17)11(20-12(16)14(21)19-10)8-4-3-5-9(18)6-8;1-2-23-15(22)10-7-21-12(16)11(20-13(18)14(21)19-10)8-4-3-5-9(17)6-8/h3-7H,2H2,1H3;3-7H,2H2,1H3,(H2,18,20). The number of hydrogen-bond acceptors (Lipinski definition) is 9. The van der Waals surface area contributed by atoms with Crippen LogP contribution in [0, 0.1) is 11.6 Å². The third-order valence-corrected chi connectivity index (χ3v) is 7.50. The fraction of sp³-hybridized carbons (Fsp3) is 0.133. The summed E-state index contributed by atoms with van der Waals surface area (Å²) in [7, 11) is 0. The van der Waals surface area contributed by atoms with Gasteiger partial charge in [0.2, 0.25) is 0 Å². The number of benzene rings is 2. The first-order valence-electron chi connectivity index (χ1n) is 13.5. The van der Waals surface area contributed by atoms with E-state index < -0.39 is 23.6 Å². The van der Waals surface area contributed by atoms with Crippen molar-refractivity contribution in [2.75, 3.05) is 18.9 Å². The van der Waals surface area contributed by atoms with Crippen LogP contribution in [0.3, 0.4) is 0 Å². The Bertz CT molecular complexity index is 1970. The topological polar surface area (TPSA) is 139 Å². The van der Waals surface area contributed by atoms with Crippen molar-refractivity contribution >= 4 is 68.2 Å². The Morgan fingerprint density at radius 3 is 1.72 bits per heavy atom. The van der Waals surface area contributed by atoms with Crippen LogP contribution in [-0.2, 0) is 9.47 Å². The zero-order valence-corrected chi connectivity index (χ0v) is 27.1. The molecule has 0 spiro atoms. The highest BCUT2D eigenvalue weighted by atomic mass is 79.9. The average Bonchev–Trinajstić information content (AvgIpc) is 3.69. The van der Waals surface area contributed by atoms with E-state index in [2.05, 4.69) is 35.9 Å². The van der Waals surface area contributed by atoms with E-state index in [9.17, 15) is 18.4 Å². The molecule has 6 aromatic rings. The summed E-state index contributed by atoms with van der Waals surface area (Å²) >= 11 is 16.0. The lowest BCUT2D eigenvalue weighted by atomic mass is 10.1. The van der Waals surface area contributed by atoms with Gasteiger partial charge in [-0.2, -0.15) is 0 Å². The molecule has 4 aromatic heterocycles. The number of nitrogens with zero attached hydrogens (tertiary/aromatic N) is 6. The van der Waals surface area contributed by atoms with E-state index in [0.29, 0.717) is 32.8 Å². The van der Waals surface area contributed by atoms with E-state index in [0.717, 1.165) is 0 Å². The van der Waals surface area contributed by atoms with E-state index >= 15 is 0 Å². The summed E-state index contributed by atoms with van der Waals surface area (Å²) in [5.41, 5.74) is 8.34. The molecule has 0 atom stereocenters. The van der Waals surface area contributed by atoms with Crippen LogP contribution in [0.2, 0.25) is 10.3 Å². The van der Waals surface area contributed by atoms with Gasteiger partial charge in [0.15, 0.2) is 28.5 Å². The number of anilines is 1. The largest absolute Gasteiger partial charge is 0.461 e. The smallest absolute Gasteiger partial charge is 0.358 e. The van der Waals surface area contributed by atoms with Crippen LogP contribution in [-0.4, -0.2) is 53.9 Å². The number of aromatic nitrogens is 6. The van der Waals surface area contributed by atoms with Gasteiger partial charge in [-0.3, -0.25) is 8.80 Å². The molecule has 11 nitrogen and oxygen atoms in total. The second-order valence-electron chi connectivity index (χ2n) is 9.28. The first kappa shape index (κ1) is 32.7. The van der Waals surface area contributed by atoms with Crippen LogP contribution >= 0.6 is 39.1 Å². The highest BCUT2D eigenvalue weighted by Gasteiger charge is 2.20. The zero-order chi connectivity index (χ0) is 33.1. The lowest BCUT2D eigenvalue weighted by Gasteiger charge is -2.07. The van der Waals surface area contributed by atoms with E-state index in [1.54, 1.807) is 38.1 Å². The summed E-state index contributed by atoms with van der Waals surface area (Å²) in [6.45, 7) is 3.87. The maximum absolute atomic E-state index is 13.4. The van der Waals surface area contributed by atoms with Gasteiger partial charge < -0.3 is 15.2 Å². The zero-order valence-electron chi connectivity index (χ0n) is 24.0. The predicted molar refractivity (Wildman–Crippen MR) is 171 cm³/mol. The number of nitrogen functional groups attached to an aromatic ring is 1. The highest BCUT2D eigenvalue weighted by Crippen LogP contribution is 2.32. The number of nitrogens with two attached hydrogens (primary N) is 1. The molecular formula is C30H22BrCl2F2N7O4. The molecule has 4 heterocycles. The lowest BCUT2D eigenvalue weighted by molar-refractivity contribution is 0.0511. The number of esters is 2. The van der Waals surface area contributed by atoms with Gasteiger partial charge in [0.1, 0.15) is 37.9 Å². The van der Waals surface area contributed by atoms with Crippen molar-refractivity contribution in [3.05, 3.63) is 98.9 Å². The molecule has 0 unspecified atom stereocenters. The van der Waals surface area contributed by atoms with Crippen molar-refractivity contribution in [3.8, 4) is 22.5 Å². The van der Waals surface area contributed by atoms with Crippen molar-refractivity contribution in [2.24, 2.45) is 0 Å². The second-order valence-corrected chi connectivity index (χ2v) is 10.7. The van der Waals surface area contributed by atoms with E-state index in [1.807, 2.05) is 0 Å². The molecule has 236 valence electrons. The first-order valence-corrected chi connectivity index (χ1v) is 15.0. The van der Waals surface area contributed by atoms with Crippen molar-refractivity contribution < 1.29 is 27.8 Å². The Balaban J connectivity index is 0.000000181. The third kappa shape index (κ3) is 6.64. The molecule has 2 N–H and O–H groups in total. The van der Waals surface area contributed by atoms with Gasteiger partial charge in [-0.05, 0) is 54.0 Å². The molecule has 0 saturated carbocycles. The van der Waals surface area contributed by atoms with Gasteiger partial charge in [0.05, 0.1) is 13.2 Å². The maximum Gasteiger partial charge on any atom is 0.358 e. The van der Waals surface area contributed by atoms with Crippen molar-refractivity contribution in [1.82, 2.24) is 28.7 Å². The molecule has 2 aromatic carbocycles. The van der Waals surface area contributed by atoms with Gasteiger partial charge >= 0.3 is 11.9 Å². The number of hydrogen-bond donors (Lipinski definition) is 1. The highest BCUT2D eigenvalue weighted by molar-refractivity contribution is 9.10. The molecule has 0 radical (unpaired) electrons. The summed E-state index contributed by atoms with van der Waals surface area (Å²) in [6, 6.07) is 11.7. The van der Waals surface area contributed by atoms with Crippen LogP contribution in [0.4, 0.5) is 14.6 Å². The summed E-state index contributed by atoms with van der Waals surface area (Å²) in [5, 5.41) is 0.389. The SMILES string of the molecule is CCOC(=O)c1cn2c(Cl)c(-c3cccc(F)c3)nc(Br)c2n1.CCOC(=O)c1cn2c(Cl)c(-c3cccc(F)c3)nc(N)c2n1. The number of rotatable bonds is 6. The van der Waals surface area contributed by atoms with Gasteiger partial charge in [-0.25, -0.2) is 38.3 Å². The van der Waals surface area contributed by atoms with Crippen molar-refractivity contribution in [2.45, 2.75) is 13.8 Å². The number of carbonyl (C=O) groups is 2. The van der Waals surface area contributed by atoms with E-state index in [-0.39, 0.29) is 46.4 Å². The molecule has 0 bridgehead atoms. The number of ether oxygens (including phenoxy) is 2. The number of carbonyl (C=O) groups excluding carboxylic acids is 2. The summed E-state index contributed by atoms with van der Waals surface area (Å²) in [6.07, 6.45) is 2.88. The number of imidazole rings is 2. The maximum atomic E-state index is 13.4. The summed E-state index contributed by atoms with van der Waals surface area (Å²) in [5.74, 6) is -1.87.